The van der Waals surface area contributed by atoms with Crippen LogP contribution in [0.3, 0.4) is 0 Å². The van der Waals surface area contributed by atoms with Crippen molar-refractivity contribution in [2.45, 2.75) is 19.1 Å². The number of aromatic nitrogens is 2. The Labute approximate surface area is 153 Å². The van der Waals surface area contributed by atoms with E-state index in [0.717, 1.165) is 0 Å². The van der Waals surface area contributed by atoms with E-state index in [1.807, 2.05) is 0 Å². The number of alkyl halides is 3. The van der Waals surface area contributed by atoms with Gasteiger partial charge >= 0.3 is 6.18 Å². The fourth-order valence-corrected chi connectivity index (χ4v) is 2.40. The van der Waals surface area contributed by atoms with Crippen molar-refractivity contribution in [2.75, 3.05) is 13.1 Å². The molecule has 2 N–H and O–H groups in total. The van der Waals surface area contributed by atoms with Gasteiger partial charge in [-0.2, -0.15) is 13.2 Å². The monoisotopic (exact) mass is 434 g/mol. The predicted octanol–water partition coefficient (Wildman–Crippen LogP) is 1.34. The van der Waals surface area contributed by atoms with E-state index >= 15 is 0 Å². The summed E-state index contributed by atoms with van der Waals surface area (Å²) < 4.78 is 37.8. The molecule has 0 saturated carbocycles. The number of amides is 2. The minimum Gasteiger partial charge on any atom is -0.347 e. The van der Waals surface area contributed by atoms with Crippen LogP contribution in [0.25, 0.3) is 10.9 Å². The Morgan fingerprint density at radius 3 is 2.62 bits per heavy atom. The molecular formula is C15H14BrF3N4O3. The lowest BCUT2D eigenvalue weighted by molar-refractivity contribution is -0.138. The average molecular weight is 435 g/mol. The maximum atomic E-state index is 12.3. The van der Waals surface area contributed by atoms with Crippen molar-refractivity contribution in [1.82, 2.24) is 20.2 Å². The molecule has 0 aliphatic rings. The van der Waals surface area contributed by atoms with Crippen LogP contribution >= 0.6 is 15.9 Å². The zero-order chi connectivity index (χ0) is 19.3. The number of hydrogen-bond acceptors (Lipinski definition) is 4. The lowest BCUT2D eigenvalue weighted by Gasteiger charge is -2.10. The number of nitrogens with one attached hydrogen (secondary N) is 2. The van der Waals surface area contributed by atoms with Crippen LogP contribution in [0, 0.1) is 0 Å². The van der Waals surface area contributed by atoms with E-state index in [9.17, 15) is 27.6 Å². The van der Waals surface area contributed by atoms with Crippen molar-refractivity contribution in [3.8, 4) is 0 Å². The van der Waals surface area contributed by atoms with Crippen LogP contribution in [-0.4, -0.2) is 40.6 Å². The number of nitrogens with zero attached hydrogens (tertiary/aromatic N) is 2. The minimum atomic E-state index is -4.51. The van der Waals surface area contributed by atoms with Gasteiger partial charge in [0.05, 0.1) is 23.8 Å². The minimum absolute atomic E-state index is 0.0181. The molecular weight excluding hydrogens is 421 g/mol. The third-order valence-electron chi connectivity index (χ3n) is 3.30. The highest BCUT2D eigenvalue weighted by Gasteiger charge is 2.27. The maximum Gasteiger partial charge on any atom is 0.405 e. The largest absolute Gasteiger partial charge is 0.405 e. The summed E-state index contributed by atoms with van der Waals surface area (Å²) in [7, 11) is 0. The van der Waals surface area contributed by atoms with E-state index in [-0.39, 0.29) is 18.5 Å². The lowest BCUT2D eigenvalue weighted by Crippen LogP contribution is -2.41. The first-order valence-corrected chi connectivity index (χ1v) is 8.20. The van der Waals surface area contributed by atoms with Gasteiger partial charge in [0, 0.05) is 17.4 Å². The van der Waals surface area contributed by atoms with Crippen LogP contribution in [0.5, 0.6) is 0 Å². The number of hydrogen-bond donors (Lipinski definition) is 2. The van der Waals surface area contributed by atoms with E-state index in [1.165, 1.54) is 10.9 Å². The highest BCUT2D eigenvalue weighted by atomic mass is 79.9. The van der Waals surface area contributed by atoms with Gasteiger partial charge in [-0.15, -0.1) is 0 Å². The molecule has 0 spiro atoms. The molecule has 26 heavy (non-hydrogen) atoms. The molecule has 140 valence electrons. The Balaban J connectivity index is 1.88. The van der Waals surface area contributed by atoms with Crippen LogP contribution in [0.4, 0.5) is 13.2 Å². The second-order valence-electron chi connectivity index (χ2n) is 5.32. The fraction of sp³-hybridized carbons (Fsp3) is 0.333. The lowest BCUT2D eigenvalue weighted by atomic mass is 10.2. The molecule has 0 bridgehead atoms. The van der Waals surface area contributed by atoms with Crippen molar-refractivity contribution >= 4 is 38.6 Å². The van der Waals surface area contributed by atoms with Gasteiger partial charge in [-0.05, 0) is 18.2 Å². The Hall–Kier alpha value is -2.43. The summed E-state index contributed by atoms with van der Waals surface area (Å²) in [6.07, 6.45) is -3.34. The summed E-state index contributed by atoms with van der Waals surface area (Å²) in [5, 5.41) is 4.21. The third-order valence-corrected chi connectivity index (χ3v) is 3.79. The molecule has 2 amide bonds. The van der Waals surface area contributed by atoms with E-state index in [2.05, 4.69) is 26.2 Å². The van der Waals surface area contributed by atoms with Crippen LogP contribution in [0.15, 0.2) is 33.8 Å². The smallest absolute Gasteiger partial charge is 0.347 e. The molecule has 7 nitrogen and oxygen atoms in total. The first-order chi connectivity index (χ1) is 12.2. The molecule has 2 rings (SSSR count). The van der Waals surface area contributed by atoms with Crippen molar-refractivity contribution in [1.29, 1.82) is 0 Å². The van der Waals surface area contributed by atoms with Gasteiger partial charge in [-0.1, -0.05) is 15.9 Å². The maximum absolute atomic E-state index is 12.3. The van der Waals surface area contributed by atoms with E-state index in [4.69, 9.17) is 0 Å². The van der Waals surface area contributed by atoms with Gasteiger partial charge < -0.3 is 10.6 Å². The highest BCUT2D eigenvalue weighted by molar-refractivity contribution is 9.10. The predicted molar refractivity (Wildman–Crippen MR) is 90.4 cm³/mol. The Kier molecular flexibility index (Phi) is 6.35. The summed E-state index contributed by atoms with van der Waals surface area (Å²) in [6, 6.07) is 5.04. The van der Waals surface area contributed by atoms with E-state index < -0.39 is 31.1 Å². The van der Waals surface area contributed by atoms with Gasteiger partial charge in [0.2, 0.25) is 11.8 Å². The first-order valence-electron chi connectivity index (χ1n) is 7.40. The normalized spacial score (nSPS) is 11.4. The molecule has 0 radical (unpaired) electrons. The summed E-state index contributed by atoms with van der Waals surface area (Å²) in [4.78, 5) is 39.4. The van der Waals surface area contributed by atoms with Crippen LogP contribution in [0.2, 0.25) is 0 Å². The van der Waals surface area contributed by atoms with Gasteiger partial charge in [0.1, 0.15) is 6.54 Å². The van der Waals surface area contributed by atoms with E-state index in [0.29, 0.717) is 15.4 Å². The summed E-state index contributed by atoms with van der Waals surface area (Å²) in [5.74, 6) is -1.53. The van der Waals surface area contributed by atoms with Crippen molar-refractivity contribution in [2.24, 2.45) is 0 Å². The topological polar surface area (TPSA) is 93.1 Å². The number of aryl methyl sites for hydroxylation is 1. The Morgan fingerprint density at radius 1 is 1.19 bits per heavy atom. The van der Waals surface area contributed by atoms with Crippen molar-refractivity contribution in [3.63, 3.8) is 0 Å². The molecule has 0 aliphatic heterocycles. The van der Waals surface area contributed by atoms with Gasteiger partial charge in [0.25, 0.3) is 5.56 Å². The quantitative estimate of drug-likeness (QED) is 0.717. The number of fused-ring (bicyclic) bond motifs is 1. The zero-order valence-corrected chi connectivity index (χ0v) is 14.9. The molecule has 0 unspecified atom stereocenters. The fourth-order valence-electron chi connectivity index (χ4n) is 2.04. The standard InChI is InChI=1S/C15H14BrF3N4O3/c16-9-1-2-11-10(5-9)14(26)23(8-22-11)4-3-12(24)20-6-13(25)21-7-15(17,18)19/h1-2,5,8H,3-4,6-7H2,(H,20,24)(H,21,25). The van der Waals surface area contributed by atoms with Gasteiger partial charge in [-0.3, -0.25) is 19.0 Å². The molecule has 0 fully saturated rings. The van der Waals surface area contributed by atoms with E-state index in [1.54, 1.807) is 23.5 Å². The number of halogens is 4. The van der Waals surface area contributed by atoms with Crippen LogP contribution in [0.1, 0.15) is 6.42 Å². The summed E-state index contributed by atoms with van der Waals surface area (Å²) >= 11 is 3.26. The number of benzene rings is 1. The molecule has 0 saturated heterocycles. The number of rotatable bonds is 6. The summed E-state index contributed by atoms with van der Waals surface area (Å²) in [5.41, 5.74) is 0.187. The number of carbonyl (C=O) groups is 2. The van der Waals surface area contributed by atoms with Gasteiger partial charge in [-0.25, -0.2) is 4.98 Å². The molecule has 0 atom stereocenters. The first kappa shape index (κ1) is 19.9. The van der Waals surface area contributed by atoms with Crippen molar-refractivity contribution in [3.05, 3.63) is 39.4 Å². The molecule has 1 aromatic heterocycles. The van der Waals surface area contributed by atoms with Gasteiger partial charge in [0.15, 0.2) is 0 Å². The Bertz CT molecular complexity index is 883. The molecule has 0 aliphatic carbocycles. The number of carbonyl (C=O) groups excluding carboxylic acids is 2. The third kappa shape index (κ3) is 5.83. The molecule has 1 heterocycles. The second kappa shape index (κ2) is 8.30. The SMILES string of the molecule is O=C(CCn1cnc2ccc(Br)cc2c1=O)NCC(=O)NCC(F)(F)F. The molecule has 11 heteroatoms. The average Bonchev–Trinajstić information content (AvgIpc) is 2.57. The molecule has 1 aromatic carbocycles. The van der Waals surface area contributed by atoms with Crippen LogP contribution in [-0.2, 0) is 16.1 Å². The molecule has 2 aromatic rings. The van der Waals surface area contributed by atoms with Crippen molar-refractivity contribution < 1.29 is 22.8 Å². The van der Waals surface area contributed by atoms with Crippen LogP contribution < -0.4 is 16.2 Å². The highest BCUT2D eigenvalue weighted by Crippen LogP contribution is 2.15. The summed E-state index contributed by atoms with van der Waals surface area (Å²) in [6.45, 7) is -2.02. The Morgan fingerprint density at radius 2 is 1.92 bits per heavy atom. The second-order valence-corrected chi connectivity index (χ2v) is 6.24. The zero-order valence-electron chi connectivity index (χ0n) is 13.3.